The van der Waals surface area contributed by atoms with Crippen LogP contribution in [0.1, 0.15) is 168 Å². The summed E-state index contributed by atoms with van der Waals surface area (Å²) in [5, 5.41) is 0. The third kappa shape index (κ3) is 31.7. The summed E-state index contributed by atoms with van der Waals surface area (Å²) in [6, 6.07) is 0. The Kier molecular flexibility index (Phi) is 29.0. The molecule has 0 radical (unpaired) electrons. The second kappa shape index (κ2) is 29.8. The second-order valence-electron chi connectivity index (χ2n) is 11.5. The number of carbonyl (C=O) groups is 2. The standard InChI is InChI=1S/C33H63O8P/c1-3-5-7-9-11-13-15-16-17-18-20-21-23-25-27-32(34)39-29-31(30-40-42(36,37)38)41-33(35)28-26-24-22-19-14-12-10-8-6-4-2/h15-16,31H,3-14,17-30H2,1-2H3,(H2,36,37,38)/b16-15-/t31-/m1/s1. The normalized spacial score (nSPS) is 12.6. The Hall–Kier alpha value is -1.21. The summed E-state index contributed by atoms with van der Waals surface area (Å²) in [5.74, 6) is -0.893. The molecule has 248 valence electrons. The lowest BCUT2D eigenvalue weighted by atomic mass is 10.1. The minimum atomic E-state index is -4.74. The van der Waals surface area contributed by atoms with Gasteiger partial charge in [0.2, 0.25) is 0 Å². The van der Waals surface area contributed by atoms with E-state index in [4.69, 9.17) is 19.3 Å². The van der Waals surface area contributed by atoms with Gasteiger partial charge < -0.3 is 19.3 Å². The molecule has 0 aliphatic rings. The highest BCUT2D eigenvalue weighted by Crippen LogP contribution is 2.35. The molecule has 0 saturated carbocycles. The SMILES string of the molecule is CCCCCCC/C=C\CCCCCCCC(=O)OC[C@H](COP(=O)(O)O)OC(=O)CCCCCCCCCCCC. The quantitative estimate of drug-likeness (QED) is 0.0341. The van der Waals surface area contributed by atoms with Crippen molar-refractivity contribution in [2.45, 2.75) is 174 Å². The van der Waals surface area contributed by atoms with Crippen LogP contribution in [0.15, 0.2) is 12.2 Å². The molecule has 0 aromatic heterocycles. The van der Waals surface area contributed by atoms with E-state index < -0.39 is 32.5 Å². The molecule has 8 nitrogen and oxygen atoms in total. The van der Waals surface area contributed by atoms with Crippen molar-refractivity contribution < 1.29 is 37.9 Å². The van der Waals surface area contributed by atoms with Gasteiger partial charge in [-0.2, -0.15) is 0 Å². The molecule has 2 N–H and O–H groups in total. The number of carbonyl (C=O) groups excluding carboxylic acids is 2. The maximum absolute atomic E-state index is 12.3. The smallest absolute Gasteiger partial charge is 0.462 e. The summed E-state index contributed by atoms with van der Waals surface area (Å²) in [5.41, 5.74) is 0. The fourth-order valence-electron chi connectivity index (χ4n) is 4.72. The van der Waals surface area contributed by atoms with Gasteiger partial charge in [-0.3, -0.25) is 14.1 Å². The summed E-state index contributed by atoms with van der Waals surface area (Å²) in [6.07, 6.45) is 29.4. The minimum absolute atomic E-state index is 0.214. The first-order chi connectivity index (χ1) is 20.3. The Bertz CT molecular complexity index is 706. The number of unbranched alkanes of at least 4 members (excludes halogenated alkanes) is 19. The molecule has 0 fully saturated rings. The molecule has 0 amide bonds. The van der Waals surface area contributed by atoms with Gasteiger partial charge in [0, 0.05) is 12.8 Å². The van der Waals surface area contributed by atoms with Crippen molar-refractivity contribution in [3.05, 3.63) is 12.2 Å². The first-order valence-electron chi connectivity index (χ1n) is 17.0. The average Bonchev–Trinajstić information content (AvgIpc) is 2.95. The van der Waals surface area contributed by atoms with E-state index in [0.29, 0.717) is 12.8 Å². The van der Waals surface area contributed by atoms with E-state index in [-0.39, 0.29) is 19.4 Å². The topological polar surface area (TPSA) is 119 Å². The summed E-state index contributed by atoms with van der Waals surface area (Å²) >= 11 is 0. The molecule has 0 spiro atoms. The van der Waals surface area contributed by atoms with Crippen LogP contribution in [-0.2, 0) is 28.2 Å². The van der Waals surface area contributed by atoms with Crippen LogP contribution in [0.25, 0.3) is 0 Å². The molecule has 0 unspecified atom stereocenters. The molecule has 0 aliphatic heterocycles. The van der Waals surface area contributed by atoms with Gasteiger partial charge in [0.1, 0.15) is 6.61 Å². The van der Waals surface area contributed by atoms with Gasteiger partial charge >= 0.3 is 19.8 Å². The van der Waals surface area contributed by atoms with Gasteiger partial charge in [-0.1, -0.05) is 129 Å². The van der Waals surface area contributed by atoms with Gasteiger partial charge in [0.25, 0.3) is 0 Å². The maximum Gasteiger partial charge on any atom is 0.469 e. The molecule has 0 aliphatic carbocycles. The Morgan fingerprint density at radius 3 is 1.45 bits per heavy atom. The monoisotopic (exact) mass is 618 g/mol. The first-order valence-corrected chi connectivity index (χ1v) is 18.5. The van der Waals surface area contributed by atoms with Crippen LogP contribution in [0, 0.1) is 0 Å². The summed E-state index contributed by atoms with van der Waals surface area (Å²) in [4.78, 5) is 42.4. The van der Waals surface area contributed by atoms with Gasteiger partial charge in [0.15, 0.2) is 6.10 Å². The molecule has 0 saturated heterocycles. The summed E-state index contributed by atoms with van der Waals surface area (Å²) < 4.78 is 26.2. The predicted octanol–water partition coefficient (Wildman–Crippen LogP) is 9.51. The van der Waals surface area contributed by atoms with E-state index in [1.807, 2.05) is 0 Å². The van der Waals surface area contributed by atoms with Crippen LogP contribution in [0.4, 0.5) is 0 Å². The number of hydrogen-bond acceptors (Lipinski definition) is 6. The Balaban J connectivity index is 4.00. The van der Waals surface area contributed by atoms with Gasteiger partial charge in [-0.05, 0) is 38.5 Å². The third-order valence-electron chi connectivity index (χ3n) is 7.28. The fraction of sp³-hybridized carbons (Fsp3) is 0.879. The maximum atomic E-state index is 12.3. The zero-order valence-electron chi connectivity index (χ0n) is 26.9. The molecule has 0 aromatic rings. The lowest BCUT2D eigenvalue weighted by Crippen LogP contribution is -2.29. The molecule has 42 heavy (non-hydrogen) atoms. The van der Waals surface area contributed by atoms with Gasteiger partial charge in [-0.15, -0.1) is 0 Å². The third-order valence-corrected chi connectivity index (χ3v) is 7.77. The fourth-order valence-corrected chi connectivity index (χ4v) is 5.08. The predicted molar refractivity (Wildman–Crippen MR) is 170 cm³/mol. The average molecular weight is 619 g/mol. The number of rotatable bonds is 31. The first kappa shape index (κ1) is 40.8. The van der Waals surface area contributed by atoms with Crippen LogP contribution in [0.3, 0.4) is 0 Å². The molecule has 0 bridgehead atoms. The van der Waals surface area contributed by atoms with Crippen LogP contribution in [0.2, 0.25) is 0 Å². The number of phosphoric acid groups is 1. The molecule has 9 heteroatoms. The Morgan fingerprint density at radius 1 is 0.595 bits per heavy atom. The van der Waals surface area contributed by atoms with E-state index in [9.17, 15) is 14.2 Å². The molecule has 0 rings (SSSR count). The zero-order valence-corrected chi connectivity index (χ0v) is 27.8. The largest absolute Gasteiger partial charge is 0.469 e. The van der Waals surface area contributed by atoms with Crippen molar-refractivity contribution in [2.24, 2.45) is 0 Å². The van der Waals surface area contributed by atoms with E-state index in [1.54, 1.807) is 0 Å². The molecule has 1 atom stereocenters. The number of esters is 2. The van der Waals surface area contributed by atoms with Crippen molar-refractivity contribution in [2.75, 3.05) is 13.2 Å². The van der Waals surface area contributed by atoms with E-state index in [0.717, 1.165) is 51.4 Å². The van der Waals surface area contributed by atoms with Crippen LogP contribution >= 0.6 is 7.82 Å². The highest BCUT2D eigenvalue weighted by atomic mass is 31.2. The number of allylic oxidation sites excluding steroid dienone is 2. The molecular formula is C33H63O8P. The van der Waals surface area contributed by atoms with E-state index in [2.05, 4.69) is 30.5 Å². The number of phosphoric ester groups is 1. The van der Waals surface area contributed by atoms with Crippen LogP contribution in [0.5, 0.6) is 0 Å². The Morgan fingerprint density at radius 2 is 1.00 bits per heavy atom. The number of hydrogen-bond donors (Lipinski definition) is 2. The zero-order chi connectivity index (χ0) is 31.2. The van der Waals surface area contributed by atoms with E-state index in [1.165, 1.54) is 77.0 Å². The van der Waals surface area contributed by atoms with Crippen molar-refractivity contribution in [1.82, 2.24) is 0 Å². The Labute approximate surface area is 257 Å². The van der Waals surface area contributed by atoms with E-state index >= 15 is 0 Å². The van der Waals surface area contributed by atoms with Crippen molar-refractivity contribution in [1.29, 1.82) is 0 Å². The lowest BCUT2D eigenvalue weighted by Gasteiger charge is -2.18. The number of ether oxygens (including phenoxy) is 2. The summed E-state index contributed by atoms with van der Waals surface area (Å²) in [7, 11) is -4.74. The highest BCUT2D eigenvalue weighted by molar-refractivity contribution is 7.46. The van der Waals surface area contributed by atoms with Gasteiger partial charge in [-0.25, -0.2) is 4.57 Å². The molecule has 0 aromatic carbocycles. The van der Waals surface area contributed by atoms with Crippen molar-refractivity contribution >= 4 is 19.8 Å². The molecule has 0 heterocycles. The minimum Gasteiger partial charge on any atom is -0.462 e. The van der Waals surface area contributed by atoms with Crippen molar-refractivity contribution in [3.63, 3.8) is 0 Å². The van der Waals surface area contributed by atoms with Crippen molar-refractivity contribution in [3.8, 4) is 0 Å². The van der Waals surface area contributed by atoms with Crippen LogP contribution in [-0.4, -0.2) is 41.0 Å². The highest BCUT2D eigenvalue weighted by Gasteiger charge is 2.22. The van der Waals surface area contributed by atoms with Crippen LogP contribution < -0.4 is 0 Å². The van der Waals surface area contributed by atoms with Gasteiger partial charge in [0.05, 0.1) is 6.61 Å². The lowest BCUT2D eigenvalue weighted by molar-refractivity contribution is -0.161. The summed E-state index contributed by atoms with van der Waals surface area (Å²) in [6.45, 7) is 3.63. The second-order valence-corrected chi connectivity index (χ2v) is 12.7. The molecular weight excluding hydrogens is 555 g/mol.